The van der Waals surface area contributed by atoms with Crippen molar-refractivity contribution in [3.05, 3.63) is 62.4 Å². The maximum absolute atomic E-state index is 13.1. The molecule has 0 aliphatic carbocycles. The van der Waals surface area contributed by atoms with Gasteiger partial charge in [0.1, 0.15) is 17.1 Å². The fourth-order valence-corrected chi connectivity index (χ4v) is 4.59. The molecule has 1 saturated heterocycles. The van der Waals surface area contributed by atoms with Crippen molar-refractivity contribution in [1.82, 2.24) is 18.7 Å². The molecule has 160 valence electrons. The van der Waals surface area contributed by atoms with Gasteiger partial charge >= 0.3 is 5.69 Å². The number of benzene rings is 1. The van der Waals surface area contributed by atoms with Gasteiger partial charge in [0, 0.05) is 12.3 Å². The van der Waals surface area contributed by atoms with Crippen LogP contribution in [-0.2, 0) is 22.6 Å². The monoisotopic (exact) mass is 443 g/mol. The van der Waals surface area contributed by atoms with Crippen molar-refractivity contribution in [2.45, 2.75) is 32.0 Å². The molecule has 9 nitrogen and oxygen atoms in total. The summed E-state index contributed by atoms with van der Waals surface area (Å²) < 4.78 is 23.0. The average Bonchev–Trinajstić information content (AvgIpc) is 3.48. The Morgan fingerprint density at radius 2 is 2.06 bits per heavy atom. The Hall–Kier alpha value is -3.31. The summed E-state index contributed by atoms with van der Waals surface area (Å²) in [6, 6.07) is 6.99. The first-order valence-corrected chi connectivity index (χ1v) is 10.7. The first-order chi connectivity index (χ1) is 15.0. The Labute approximate surface area is 178 Å². The molecule has 31 heavy (non-hydrogen) atoms. The lowest BCUT2D eigenvalue weighted by Crippen LogP contribution is -2.30. The summed E-state index contributed by atoms with van der Waals surface area (Å²) in [6.07, 6.45) is 1.62. The molecule has 1 fully saturated rings. The maximum Gasteiger partial charge on any atom is 0.352 e. The van der Waals surface area contributed by atoms with Crippen LogP contribution in [0.2, 0.25) is 0 Å². The van der Waals surface area contributed by atoms with Gasteiger partial charge in [0.05, 0.1) is 18.2 Å². The molecule has 4 aromatic rings. The highest BCUT2D eigenvalue weighted by molar-refractivity contribution is 7.17. The van der Waals surface area contributed by atoms with Crippen molar-refractivity contribution in [2.24, 2.45) is 0 Å². The van der Waals surface area contributed by atoms with Gasteiger partial charge in [0.15, 0.2) is 0 Å². The minimum atomic E-state index is -0.520. The second-order valence-electron chi connectivity index (χ2n) is 7.32. The summed E-state index contributed by atoms with van der Waals surface area (Å²) >= 11 is 1.25. The normalized spacial score (nSPS) is 16.4. The molecule has 0 bridgehead atoms. The summed E-state index contributed by atoms with van der Waals surface area (Å²) in [5.74, 6) is -0.740. The van der Waals surface area contributed by atoms with Crippen LogP contribution in [0.3, 0.4) is 0 Å². The predicted molar refractivity (Wildman–Crippen MR) is 113 cm³/mol. The lowest BCUT2D eigenvalue weighted by atomic mass is 10.2. The number of amides is 1. The number of nitrogens with one attached hydrogen (secondary N) is 1. The number of halogens is 1. The van der Waals surface area contributed by atoms with E-state index in [-0.39, 0.29) is 30.5 Å². The number of rotatable bonds is 5. The number of fused-ring (bicyclic) bond motifs is 3. The molecular formula is C20H18FN5O4S. The SMILES string of the molecule is O=C(Cn1nc2n(CC3CCCO3)c(=O)c3sccc3n2c1=O)Nc1ccc(F)cc1. The topological polar surface area (TPSA) is 99.6 Å². The molecule has 0 radical (unpaired) electrons. The van der Waals surface area contributed by atoms with Gasteiger partial charge in [0.2, 0.25) is 11.7 Å². The van der Waals surface area contributed by atoms with Gasteiger partial charge in [-0.05, 0) is 48.6 Å². The minimum absolute atomic E-state index is 0.124. The van der Waals surface area contributed by atoms with Gasteiger partial charge in [-0.2, -0.15) is 0 Å². The standard InChI is InChI=1S/C20H18FN5O4S/c21-12-3-5-13(6-4-12)22-16(27)11-25-20(29)26-15-7-9-31-17(15)18(28)24(19(26)23-25)10-14-2-1-8-30-14/h3-7,9,14H,1-2,8,10-11H2,(H,22,27). The Morgan fingerprint density at radius 1 is 1.26 bits per heavy atom. The van der Waals surface area contributed by atoms with Gasteiger partial charge < -0.3 is 10.1 Å². The molecule has 1 N–H and O–H groups in total. The van der Waals surface area contributed by atoms with E-state index in [0.717, 1.165) is 17.5 Å². The van der Waals surface area contributed by atoms with Gasteiger partial charge in [-0.25, -0.2) is 18.3 Å². The van der Waals surface area contributed by atoms with Gasteiger partial charge in [-0.3, -0.25) is 14.2 Å². The molecule has 11 heteroatoms. The van der Waals surface area contributed by atoms with E-state index in [1.54, 1.807) is 11.4 Å². The van der Waals surface area contributed by atoms with Crippen LogP contribution in [0, 0.1) is 5.82 Å². The highest BCUT2D eigenvalue weighted by atomic mass is 32.1. The summed E-state index contributed by atoms with van der Waals surface area (Å²) in [7, 11) is 0. The number of anilines is 1. The van der Waals surface area contributed by atoms with E-state index in [9.17, 15) is 18.8 Å². The lowest BCUT2D eigenvalue weighted by molar-refractivity contribution is -0.117. The zero-order valence-corrected chi connectivity index (χ0v) is 17.1. The third kappa shape index (κ3) is 3.55. The number of carbonyl (C=O) groups is 1. The molecule has 5 rings (SSSR count). The molecule has 0 saturated carbocycles. The van der Waals surface area contributed by atoms with Crippen molar-refractivity contribution in [3.8, 4) is 0 Å². The van der Waals surface area contributed by atoms with E-state index in [2.05, 4.69) is 10.4 Å². The summed E-state index contributed by atoms with van der Waals surface area (Å²) in [5.41, 5.74) is 0.108. The number of ether oxygens (including phenoxy) is 1. The fourth-order valence-electron chi connectivity index (χ4n) is 3.76. The van der Waals surface area contributed by atoms with E-state index in [4.69, 9.17) is 4.74 Å². The number of hydrogen-bond donors (Lipinski definition) is 1. The van der Waals surface area contributed by atoms with Gasteiger partial charge in [-0.1, -0.05) is 0 Å². The smallest absolute Gasteiger partial charge is 0.352 e. The third-order valence-corrected chi connectivity index (χ3v) is 6.11. The first-order valence-electron chi connectivity index (χ1n) is 9.78. The van der Waals surface area contributed by atoms with Crippen LogP contribution in [-0.4, -0.2) is 37.4 Å². The zero-order chi connectivity index (χ0) is 21.5. The fraction of sp³-hybridized carbons (Fsp3) is 0.300. The Morgan fingerprint density at radius 3 is 2.81 bits per heavy atom. The van der Waals surface area contributed by atoms with E-state index in [1.807, 2.05) is 0 Å². The molecule has 1 aliphatic heterocycles. The number of nitrogens with zero attached hydrogens (tertiary/aromatic N) is 4. The molecule has 1 unspecified atom stereocenters. The minimum Gasteiger partial charge on any atom is -0.376 e. The van der Waals surface area contributed by atoms with E-state index < -0.39 is 17.4 Å². The Kier molecular flexibility index (Phi) is 4.91. The van der Waals surface area contributed by atoms with Gasteiger partial charge in [0.25, 0.3) is 5.56 Å². The molecule has 1 amide bonds. The molecule has 1 atom stereocenters. The number of carbonyl (C=O) groups excluding carboxylic acids is 1. The summed E-state index contributed by atoms with van der Waals surface area (Å²) in [4.78, 5) is 38.6. The van der Waals surface area contributed by atoms with Crippen molar-refractivity contribution >= 4 is 38.9 Å². The third-order valence-electron chi connectivity index (χ3n) is 5.22. The van der Waals surface area contributed by atoms with Crippen LogP contribution in [0.15, 0.2) is 45.3 Å². The summed E-state index contributed by atoms with van der Waals surface area (Å²) in [5, 5.41) is 8.65. The highest BCUT2D eigenvalue weighted by Gasteiger charge is 2.23. The van der Waals surface area contributed by atoms with E-state index in [1.165, 1.54) is 44.6 Å². The predicted octanol–water partition coefficient (Wildman–Crippen LogP) is 1.83. The Balaban J connectivity index is 1.54. The largest absolute Gasteiger partial charge is 0.376 e. The van der Waals surface area contributed by atoms with Crippen LogP contribution < -0.4 is 16.6 Å². The van der Waals surface area contributed by atoms with Crippen LogP contribution in [0.1, 0.15) is 12.8 Å². The molecule has 3 aromatic heterocycles. The quantitative estimate of drug-likeness (QED) is 0.507. The second-order valence-corrected chi connectivity index (χ2v) is 8.23. The van der Waals surface area contributed by atoms with Crippen LogP contribution in [0.5, 0.6) is 0 Å². The average molecular weight is 443 g/mol. The number of thiophene rings is 1. The van der Waals surface area contributed by atoms with E-state index in [0.29, 0.717) is 22.5 Å². The van der Waals surface area contributed by atoms with Crippen molar-refractivity contribution < 1.29 is 13.9 Å². The van der Waals surface area contributed by atoms with Crippen LogP contribution in [0.4, 0.5) is 10.1 Å². The molecule has 1 aromatic carbocycles. The summed E-state index contributed by atoms with van der Waals surface area (Å²) in [6.45, 7) is 0.577. The number of hydrogen-bond acceptors (Lipinski definition) is 6. The van der Waals surface area contributed by atoms with Gasteiger partial charge in [-0.15, -0.1) is 16.4 Å². The highest BCUT2D eigenvalue weighted by Crippen LogP contribution is 2.19. The zero-order valence-electron chi connectivity index (χ0n) is 16.3. The van der Waals surface area contributed by atoms with Crippen LogP contribution in [0.25, 0.3) is 16.0 Å². The van der Waals surface area contributed by atoms with E-state index >= 15 is 0 Å². The molecule has 0 spiro atoms. The molecule has 1 aliphatic rings. The van der Waals surface area contributed by atoms with Crippen LogP contribution >= 0.6 is 11.3 Å². The molecular weight excluding hydrogens is 425 g/mol. The molecule has 4 heterocycles. The lowest BCUT2D eigenvalue weighted by Gasteiger charge is -2.12. The maximum atomic E-state index is 13.1. The second kappa shape index (κ2) is 7.75. The Bertz CT molecular complexity index is 1400. The number of aromatic nitrogens is 4. The first kappa shape index (κ1) is 19.6. The van der Waals surface area contributed by atoms with Crippen molar-refractivity contribution in [2.75, 3.05) is 11.9 Å². The van der Waals surface area contributed by atoms with Crippen molar-refractivity contribution in [1.29, 1.82) is 0 Å². The van der Waals surface area contributed by atoms with Crippen molar-refractivity contribution in [3.63, 3.8) is 0 Å².